The highest BCUT2D eigenvalue weighted by atomic mass is 35.5. The van der Waals surface area contributed by atoms with E-state index in [1.165, 1.54) is 0 Å². The van der Waals surface area contributed by atoms with E-state index in [1.807, 2.05) is 55.5 Å². The van der Waals surface area contributed by atoms with Crippen LogP contribution >= 0.6 is 11.6 Å². The number of para-hydroxylation sites is 1. The van der Waals surface area contributed by atoms with Gasteiger partial charge in [0.15, 0.2) is 0 Å². The Labute approximate surface area is 161 Å². The fourth-order valence-corrected chi connectivity index (χ4v) is 3.24. The number of benzene rings is 2. The molecule has 1 amide bonds. The Hall–Kier alpha value is -3.24. The van der Waals surface area contributed by atoms with E-state index in [1.54, 1.807) is 24.5 Å². The molecule has 2 aromatic carbocycles. The van der Waals surface area contributed by atoms with Crippen molar-refractivity contribution in [2.24, 2.45) is 0 Å². The lowest BCUT2D eigenvalue weighted by Crippen LogP contribution is -2.15. The lowest BCUT2D eigenvalue weighted by Gasteiger charge is -2.15. The number of halogens is 1. The Kier molecular flexibility index (Phi) is 4.57. The summed E-state index contributed by atoms with van der Waals surface area (Å²) in [5.74, 6) is -0.174. The first kappa shape index (κ1) is 17.2. The van der Waals surface area contributed by atoms with E-state index in [0.29, 0.717) is 16.3 Å². The van der Waals surface area contributed by atoms with Gasteiger partial charge in [-0.25, -0.2) is 4.98 Å². The summed E-state index contributed by atoms with van der Waals surface area (Å²) in [5, 5.41) is 4.43. The van der Waals surface area contributed by atoms with Gasteiger partial charge in [0.1, 0.15) is 0 Å². The van der Waals surface area contributed by atoms with Crippen molar-refractivity contribution in [2.75, 3.05) is 5.32 Å². The highest BCUT2D eigenvalue weighted by Crippen LogP contribution is 2.30. The molecule has 4 aromatic rings. The van der Waals surface area contributed by atoms with Crippen molar-refractivity contribution in [3.05, 3.63) is 89.2 Å². The summed E-state index contributed by atoms with van der Waals surface area (Å²) in [6.07, 6.45) is 3.29. The molecule has 0 saturated carbocycles. The number of aromatic nitrogens is 2. The predicted octanol–water partition coefficient (Wildman–Crippen LogP) is 5.51. The molecule has 0 aliphatic heterocycles. The molecule has 4 rings (SSSR count). The van der Waals surface area contributed by atoms with Crippen molar-refractivity contribution < 1.29 is 4.79 Å². The van der Waals surface area contributed by atoms with Gasteiger partial charge < -0.3 is 5.32 Å². The molecule has 0 bridgehead atoms. The van der Waals surface area contributed by atoms with Crippen molar-refractivity contribution in [1.82, 2.24) is 9.97 Å². The third kappa shape index (κ3) is 3.39. The van der Waals surface area contributed by atoms with Crippen LogP contribution in [0.1, 0.15) is 15.9 Å². The minimum atomic E-state index is -0.174. The Balaban J connectivity index is 1.89. The monoisotopic (exact) mass is 373 g/mol. The molecule has 27 heavy (non-hydrogen) atoms. The van der Waals surface area contributed by atoms with Gasteiger partial charge in [0.2, 0.25) is 0 Å². The first-order valence-electron chi connectivity index (χ1n) is 8.50. The first-order valence-corrected chi connectivity index (χ1v) is 8.88. The van der Waals surface area contributed by atoms with Gasteiger partial charge in [-0.2, -0.15) is 0 Å². The van der Waals surface area contributed by atoms with E-state index >= 15 is 0 Å². The quantitative estimate of drug-likeness (QED) is 0.515. The fraction of sp³-hybridized carbons (Fsp3) is 0.0455. The largest absolute Gasteiger partial charge is 0.322 e. The van der Waals surface area contributed by atoms with Crippen LogP contribution in [-0.2, 0) is 0 Å². The maximum absolute atomic E-state index is 13.1. The van der Waals surface area contributed by atoms with Crippen molar-refractivity contribution >= 4 is 34.1 Å². The van der Waals surface area contributed by atoms with Crippen LogP contribution in [0, 0.1) is 6.92 Å². The number of nitrogens with one attached hydrogen (secondary N) is 1. The molecular weight excluding hydrogens is 358 g/mol. The molecule has 0 aliphatic rings. The van der Waals surface area contributed by atoms with Crippen LogP contribution in [0.25, 0.3) is 22.2 Å². The number of nitrogens with zero attached hydrogens (tertiary/aromatic N) is 2. The molecule has 1 N–H and O–H groups in total. The minimum Gasteiger partial charge on any atom is -0.322 e. The summed E-state index contributed by atoms with van der Waals surface area (Å²) in [7, 11) is 0. The molecule has 132 valence electrons. The molecule has 2 heterocycles. The van der Waals surface area contributed by atoms with E-state index < -0.39 is 0 Å². The fourth-order valence-electron chi connectivity index (χ4n) is 3.12. The maximum atomic E-state index is 13.1. The average Bonchev–Trinajstić information content (AvgIpc) is 2.69. The number of anilines is 1. The lowest BCUT2D eigenvalue weighted by molar-refractivity contribution is 0.102. The number of amides is 1. The summed E-state index contributed by atoms with van der Waals surface area (Å²) in [6.45, 7) is 1.92. The third-order valence-electron chi connectivity index (χ3n) is 4.42. The maximum Gasteiger partial charge on any atom is 0.256 e. The Morgan fingerprint density at radius 1 is 0.963 bits per heavy atom. The second-order valence-corrected chi connectivity index (χ2v) is 6.61. The standard InChI is InChI=1S/C22H16ClN3O/c1-14-20(22(27)25-17-10-12-24-13-11-17)18-4-2-3-5-19(18)26-21(14)15-6-8-16(23)9-7-15/h2-13H,1H3,(H,24,25,27). The van der Waals surface area contributed by atoms with Crippen LogP contribution in [0.15, 0.2) is 73.1 Å². The number of hydrogen-bond acceptors (Lipinski definition) is 3. The summed E-state index contributed by atoms with van der Waals surface area (Å²) in [5.41, 5.74) is 4.59. The van der Waals surface area contributed by atoms with Crippen LogP contribution in [-0.4, -0.2) is 15.9 Å². The highest BCUT2D eigenvalue weighted by Gasteiger charge is 2.19. The van der Waals surface area contributed by atoms with Gasteiger partial charge in [-0.05, 0) is 42.8 Å². The second-order valence-electron chi connectivity index (χ2n) is 6.17. The number of carbonyl (C=O) groups excluding carboxylic acids is 1. The normalized spacial score (nSPS) is 10.7. The number of rotatable bonds is 3. The minimum absolute atomic E-state index is 0.174. The summed E-state index contributed by atoms with van der Waals surface area (Å²) in [4.78, 5) is 21.9. The van der Waals surface area contributed by atoms with Crippen LogP contribution < -0.4 is 5.32 Å². The van der Waals surface area contributed by atoms with Gasteiger partial charge in [0, 0.05) is 34.1 Å². The topological polar surface area (TPSA) is 54.9 Å². The van der Waals surface area contributed by atoms with E-state index in [4.69, 9.17) is 16.6 Å². The van der Waals surface area contributed by atoms with E-state index in [0.717, 1.165) is 27.7 Å². The van der Waals surface area contributed by atoms with Crippen LogP contribution in [0.4, 0.5) is 5.69 Å². The van der Waals surface area contributed by atoms with Crippen molar-refractivity contribution in [3.63, 3.8) is 0 Å². The predicted molar refractivity (Wildman–Crippen MR) is 109 cm³/mol. The number of fused-ring (bicyclic) bond motifs is 1. The van der Waals surface area contributed by atoms with E-state index in [-0.39, 0.29) is 5.91 Å². The van der Waals surface area contributed by atoms with E-state index in [9.17, 15) is 4.79 Å². The van der Waals surface area contributed by atoms with Gasteiger partial charge in [0.25, 0.3) is 5.91 Å². The van der Waals surface area contributed by atoms with Crippen LogP contribution in [0.3, 0.4) is 0 Å². The molecule has 0 unspecified atom stereocenters. The zero-order valence-corrected chi connectivity index (χ0v) is 15.4. The second kappa shape index (κ2) is 7.17. The van der Waals surface area contributed by atoms with Crippen molar-refractivity contribution in [2.45, 2.75) is 6.92 Å². The molecule has 0 saturated heterocycles. The molecule has 0 atom stereocenters. The number of carbonyl (C=O) groups is 1. The van der Waals surface area contributed by atoms with Crippen molar-refractivity contribution in [1.29, 1.82) is 0 Å². The molecule has 2 aromatic heterocycles. The van der Waals surface area contributed by atoms with Crippen LogP contribution in [0.2, 0.25) is 5.02 Å². The van der Waals surface area contributed by atoms with Gasteiger partial charge in [0.05, 0.1) is 16.8 Å². The Morgan fingerprint density at radius 2 is 1.67 bits per heavy atom. The molecule has 0 fully saturated rings. The van der Waals surface area contributed by atoms with Crippen molar-refractivity contribution in [3.8, 4) is 11.3 Å². The van der Waals surface area contributed by atoms with Gasteiger partial charge >= 0.3 is 0 Å². The van der Waals surface area contributed by atoms with Crippen LogP contribution in [0.5, 0.6) is 0 Å². The van der Waals surface area contributed by atoms with Gasteiger partial charge in [-0.1, -0.05) is 41.9 Å². The summed E-state index contributed by atoms with van der Waals surface area (Å²) < 4.78 is 0. The molecular formula is C22H16ClN3O. The number of hydrogen-bond donors (Lipinski definition) is 1. The molecule has 0 aliphatic carbocycles. The molecule has 4 nitrogen and oxygen atoms in total. The molecule has 5 heteroatoms. The lowest BCUT2D eigenvalue weighted by atomic mass is 9.97. The summed E-state index contributed by atoms with van der Waals surface area (Å²) in [6, 6.07) is 18.7. The highest BCUT2D eigenvalue weighted by molar-refractivity contribution is 6.30. The zero-order chi connectivity index (χ0) is 18.8. The first-order chi connectivity index (χ1) is 13.1. The average molecular weight is 374 g/mol. The smallest absolute Gasteiger partial charge is 0.256 e. The Morgan fingerprint density at radius 3 is 2.41 bits per heavy atom. The summed E-state index contributed by atoms with van der Waals surface area (Å²) >= 11 is 6.02. The zero-order valence-electron chi connectivity index (χ0n) is 14.6. The number of pyridine rings is 2. The molecule has 0 radical (unpaired) electrons. The van der Waals surface area contributed by atoms with Gasteiger partial charge in [-0.15, -0.1) is 0 Å². The SMILES string of the molecule is Cc1c(-c2ccc(Cl)cc2)nc2ccccc2c1C(=O)Nc1ccncc1. The molecule has 0 spiro atoms. The third-order valence-corrected chi connectivity index (χ3v) is 4.67. The van der Waals surface area contributed by atoms with E-state index in [2.05, 4.69) is 10.3 Å². The Bertz CT molecular complexity index is 1130. The van der Waals surface area contributed by atoms with Gasteiger partial charge in [-0.3, -0.25) is 9.78 Å².